The van der Waals surface area contributed by atoms with Crippen molar-refractivity contribution >= 4 is 17.9 Å². The fourth-order valence-electron chi connectivity index (χ4n) is 5.12. The first-order valence-corrected chi connectivity index (χ1v) is 12.0. The van der Waals surface area contributed by atoms with E-state index in [-0.39, 0.29) is 23.9 Å². The van der Waals surface area contributed by atoms with Gasteiger partial charge in [0.05, 0.1) is 12.9 Å². The number of likely N-dealkylation sites (tertiary alicyclic amines) is 1. The van der Waals surface area contributed by atoms with E-state index in [2.05, 4.69) is 11.8 Å². The normalized spacial score (nSPS) is 24.4. The van der Waals surface area contributed by atoms with Crippen LogP contribution in [-0.4, -0.2) is 54.1 Å². The number of unbranched alkanes of at least 4 members (excludes halogenated alkanes) is 1. The number of methoxy groups -OCH3 is 1. The molecule has 3 rings (SSSR count). The summed E-state index contributed by atoms with van der Waals surface area (Å²) >= 11 is 0. The Morgan fingerprint density at radius 1 is 1.32 bits per heavy atom. The summed E-state index contributed by atoms with van der Waals surface area (Å²) in [4.78, 5) is 27.2. The molecule has 1 aliphatic carbocycles. The molecule has 34 heavy (non-hydrogen) atoms. The fraction of sp³-hybridized carbons (Fsp3) is 0.577. The van der Waals surface area contributed by atoms with E-state index < -0.39 is 17.6 Å². The van der Waals surface area contributed by atoms with Crippen LogP contribution in [0.2, 0.25) is 0 Å². The van der Waals surface area contributed by atoms with E-state index in [4.69, 9.17) is 26.4 Å². The van der Waals surface area contributed by atoms with Gasteiger partial charge in [0, 0.05) is 30.5 Å². The van der Waals surface area contributed by atoms with Crippen LogP contribution in [-0.2, 0) is 14.3 Å². The third kappa shape index (κ3) is 6.09. The zero-order valence-electron chi connectivity index (χ0n) is 20.1. The van der Waals surface area contributed by atoms with Crippen LogP contribution in [0.3, 0.4) is 0 Å². The van der Waals surface area contributed by atoms with Gasteiger partial charge in [0.15, 0.2) is 5.60 Å². The first kappa shape index (κ1) is 25.6. The van der Waals surface area contributed by atoms with Crippen molar-refractivity contribution in [2.24, 2.45) is 17.4 Å². The summed E-state index contributed by atoms with van der Waals surface area (Å²) in [5.74, 6) is 6.11. The lowest BCUT2D eigenvalue weighted by atomic mass is 9.72. The highest BCUT2D eigenvalue weighted by atomic mass is 16.6. The molecule has 8 nitrogen and oxygen atoms in total. The third-order valence-corrected chi connectivity index (χ3v) is 6.84. The predicted molar refractivity (Wildman–Crippen MR) is 130 cm³/mol. The first-order valence-electron chi connectivity index (χ1n) is 12.0. The number of carbonyl (C=O) groups excluding carboxylic acids is 2. The Kier molecular flexibility index (Phi) is 8.56. The van der Waals surface area contributed by atoms with Crippen LogP contribution < -0.4 is 11.5 Å². The van der Waals surface area contributed by atoms with Crippen molar-refractivity contribution in [3.05, 3.63) is 35.4 Å². The number of rotatable bonds is 7. The number of nitrogens with zero attached hydrogens (tertiary/aromatic N) is 1. The number of amidine groups is 1. The summed E-state index contributed by atoms with van der Waals surface area (Å²) in [6.07, 6.45) is 4.85. The molecule has 1 amide bonds. The minimum absolute atomic E-state index is 0.0902. The van der Waals surface area contributed by atoms with E-state index in [0.29, 0.717) is 45.1 Å². The molecule has 1 aliphatic heterocycles. The molecule has 184 valence electrons. The van der Waals surface area contributed by atoms with Gasteiger partial charge in [-0.3, -0.25) is 10.2 Å². The zero-order chi connectivity index (χ0) is 24.7. The molecular formula is C26H36N4O4. The standard InChI is InChI=1S/C26H36N4O4/c1-18-7-5-8-19(17-18)12-15-26(34-24(31)21(27)9-3-4-11-23(28)29)14-6-10-22-20(26)13-16-30(22)25(32)33-2/h5,7-8,17,20-22H,3-4,6,9-11,13-14,16,27H2,1-2H3,(H3,28,29)/t20-,21+,22-,26-/m1/s1. The van der Waals surface area contributed by atoms with Gasteiger partial charge >= 0.3 is 12.1 Å². The number of ether oxygens (including phenoxy) is 2. The van der Waals surface area contributed by atoms with Gasteiger partial charge in [0.2, 0.25) is 0 Å². The maximum absolute atomic E-state index is 13.1. The average Bonchev–Trinajstić information content (AvgIpc) is 3.25. The second-order valence-electron chi connectivity index (χ2n) is 9.33. The molecule has 0 bridgehead atoms. The van der Waals surface area contributed by atoms with Crippen LogP contribution in [0.15, 0.2) is 24.3 Å². The number of hydrogen-bond acceptors (Lipinski definition) is 6. The van der Waals surface area contributed by atoms with Crippen LogP contribution in [0.1, 0.15) is 62.5 Å². The second-order valence-corrected chi connectivity index (χ2v) is 9.33. The Bertz CT molecular complexity index is 969. The maximum atomic E-state index is 13.1. The van der Waals surface area contributed by atoms with Crippen molar-refractivity contribution in [2.75, 3.05) is 13.7 Å². The average molecular weight is 469 g/mol. The van der Waals surface area contributed by atoms with Crippen molar-refractivity contribution in [3.63, 3.8) is 0 Å². The molecule has 8 heteroatoms. The number of hydrogen-bond donors (Lipinski definition) is 3. The molecule has 1 saturated carbocycles. The summed E-state index contributed by atoms with van der Waals surface area (Å²) in [7, 11) is 1.38. The van der Waals surface area contributed by atoms with Gasteiger partial charge in [-0.15, -0.1) is 0 Å². The van der Waals surface area contributed by atoms with Crippen LogP contribution in [0.4, 0.5) is 4.79 Å². The SMILES string of the molecule is COC(=O)N1CC[C@@H]2[C@H]1CCC[C@]2(C#Cc1cccc(C)c1)OC(=O)[C@@H](N)CCCCC(=N)N. The van der Waals surface area contributed by atoms with Crippen molar-refractivity contribution < 1.29 is 19.1 Å². The number of amides is 1. The second kappa shape index (κ2) is 11.4. The quantitative estimate of drug-likeness (QED) is 0.185. The molecule has 1 saturated heterocycles. The highest BCUT2D eigenvalue weighted by Gasteiger charge is 2.54. The topological polar surface area (TPSA) is 132 Å². The van der Waals surface area contributed by atoms with E-state index in [0.717, 1.165) is 24.0 Å². The van der Waals surface area contributed by atoms with Gasteiger partial charge in [-0.25, -0.2) is 4.79 Å². The van der Waals surface area contributed by atoms with Crippen molar-refractivity contribution in [1.29, 1.82) is 5.41 Å². The third-order valence-electron chi connectivity index (χ3n) is 6.84. The summed E-state index contributed by atoms with van der Waals surface area (Å²) in [5.41, 5.74) is 12.5. The van der Waals surface area contributed by atoms with E-state index in [9.17, 15) is 9.59 Å². The summed E-state index contributed by atoms with van der Waals surface area (Å²) < 4.78 is 11.1. The maximum Gasteiger partial charge on any atom is 0.409 e. The molecule has 1 heterocycles. The number of nitrogens with one attached hydrogen (secondary N) is 1. The van der Waals surface area contributed by atoms with E-state index >= 15 is 0 Å². The minimum Gasteiger partial charge on any atom is -0.453 e. The molecule has 4 atom stereocenters. The molecule has 0 radical (unpaired) electrons. The number of aryl methyl sites for hydroxylation is 1. The molecular weight excluding hydrogens is 432 g/mol. The minimum atomic E-state index is -1.01. The Balaban J connectivity index is 1.84. The summed E-state index contributed by atoms with van der Waals surface area (Å²) in [5, 5.41) is 7.32. The van der Waals surface area contributed by atoms with Crippen molar-refractivity contribution in [1.82, 2.24) is 4.90 Å². The largest absolute Gasteiger partial charge is 0.453 e. The van der Waals surface area contributed by atoms with Crippen LogP contribution in [0.25, 0.3) is 0 Å². The van der Waals surface area contributed by atoms with E-state index in [1.54, 1.807) is 4.90 Å². The highest BCUT2D eigenvalue weighted by Crippen LogP contribution is 2.45. The van der Waals surface area contributed by atoms with Gasteiger partial charge in [0.1, 0.15) is 6.04 Å². The van der Waals surface area contributed by atoms with Crippen molar-refractivity contribution in [2.45, 2.75) is 76.0 Å². The summed E-state index contributed by atoms with van der Waals surface area (Å²) in [6, 6.07) is 7.03. The van der Waals surface area contributed by atoms with E-state index in [1.165, 1.54) is 7.11 Å². The monoisotopic (exact) mass is 468 g/mol. The number of esters is 1. The smallest absolute Gasteiger partial charge is 0.409 e. The van der Waals surface area contributed by atoms with Gasteiger partial charge in [-0.2, -0.15) is 0 Å². The van der Waals surface area contributed by atoms with Crippen LogP contribution >= 0.6 is 0 Å². The number of benzene rings is 1. The Hall–Kier alpha value is -3.05. The number of nitrogens with two attached hydrogens (primary N) is 2. The van der Waals surface area contributed by atoms with Gasteiger partial charge in [0.25, 0.3) is 0 Å². The van der Waals surface area contributed by atoms with E-state index in [1.807, 2.05) is 31.2 Å². The van der Waals surface area contributed by atoms with Crippen LogP contribution in [0.5, 0.6) is 0 Å². The zero-order valence-corrected chi connectivity index (χ0v) is 20.1. The molecule has 5 N–H and O–H groups in total. The lowest BCUT2D eigenvalue weighted by molar-refractivity contribution is -0.164. The predicted octanol–water partition coefficient (Wildman–Crippen LogP) is 3.09. The fourth-order valence-corrected chi connectivity index (χ4v) is 5.12. The molecule has 2 fully saturated rings. The van der Waals surface area contributed by atoms with Crippen LogP contribution in [0, 0.1) is 30.1 Å². The molecule has 1 aromatic carbocycles. The molecule has 0 aromatic heterocycles. The first-order chi connectivity index (χ1) is 16.3. The Morgan fingerprint density at radius 3 is 2.82 bits per heavy atom. The number of carbonyl (C=O) groups is 2. The highest BCUT2D eigenvalue weighted by molar-refractivity contribution is 5.77. The van der Waals surface area contributed by atoms with Crippen molar-refractivity contribution in [3.8, 4) is 11.8 Å². The lowest BCUT2D eigenvalue weighted by Gasteiger charge is -2.42. The van der Waals surface area contributed by atoms with Gasteiger partial charge in [-0.1, -0.05) is 24.5 Å². The number of fused-ring (bicyclic) bond motifs is 1. The van der Waals surface area contributed by atoms with Gasteiger partial charge in [-0.05, 0) is 69.1 Å². The molecule has 0 unspecified atom stereocenters. The Labute approximate surface area is 201 Å². The Morgan fingerprint density at radius 2 is 2.12 bits per heavy atom. The lowest BCUT2D eigenvalue weighted by Crippen LogP contribution is -2.53. The molecule has 0 spiro atoms. The van der Waals surface area contributed by atoms with Gasteiger partial charge < -0.3 is 25.8 Å². The molecule has 1 aromatic rings. The molecule has 2 aliphatic rings. The summed E-state index contributed by atoms with van der Waals surface area (Å²) in [6.45, 7) is 2.55.